The Morgan fingerprint density at radius 3 is 2.52 bits per heavy atom. The van der Waals surface area contributed by atoms with Crippen LogP contribution in [0.25, 0.3) is 0 Å². The van der Waals surface area contributed by atoms with E-state index in [-0.39, 0.29) is 11.7 Å². The summed E-state index contributed by atoms with van der Waals surface area (Å²) in [5, 5.41) is 0. The van der Waals surface area contributed by atoms with Gasteiger partial charge in [0.1, 0.15) is 5.82 Å². The monoisotopic (exact) mass is 292 g/mol. The van der Waals surface area contributed by atoms with Crippen LogP contribution in [0.2, 0.25) is 0 Å². The zero-order chi connectivity index (χ0) is 15.2. The van der Waals surface area contributed by atoms with E-state index in [0.717, 1.165) is 44.7 Å². The highest BCUT2D eigenvalue weighted by Gasteiger charge is 2.19. The summed E-state index contributed by atoms with van der Waals surface area (Å²) >= 11 is 0. The van der Waals surface area contributed by atoms with Gasteiger partial charge in [0.2, 0.25) is 5.91 Å². The summed E-state index contributed by atoms with van der Waals surface area (Å²) < 4.78 is 12.9. The van der Waals surface area contributed by atoms with Crippen molar-refractivity contribution < 1.29 is 9.18 Å². The molecule has 0 unspecified atom stereocenters. The summed E-state index contributed by atoms with van der Waals surface area (Å²) in [5.74, 6) is 0.491. The van der Waals surface area contributed by atoms with Crippen LogP contribution < -0.4 is 0 Å². The molecule has 1 fully saturated rings. The summed E-state index contributed by atoms with van der Waals surface area (Å²) in [7, 11) is 0. The fourth-order valence-electron chi connectivity index (χ4n) is 2.70. The third kappa shape index (κ3) is 5.12. The number of hydrogen-bond acceptors (Lipinski definition) is 2. The maximum atomic E-state index is 12.9. The molecule has 0 saturated carbocycles. The summed E-state index contributed by atoms with van der Waals surface area (Å²) in [6.07, 6.45) is 1.64. The number of hydrogen-bond donors (Lipinski definition) is 0. The molecule has 0 atom stereocenters. The average molecular weight is 292 g/mol. The van der Waals surface area contributed by atoms with E-state index < -0.39 is 0 Å². The smallest absolute Gasteiger partial charge is 0.222 e. The van der Waals surface area contributed by atoms with Crippen LogP contribution in [0, 0.1) is 11.7 Å². The van der Waals surface area contributed by atoms with Gasteiger partial charge >= 0.3 is 0 Å². The van der Waals surface area contributed by atoms with Gasteiger partial charge in [0.25, 0.3) is 0 Å². The van der Waals surface area contributed by atoms with Crippen molar-refractivity contribution in [3.8, 4) is 0 Å². The zero-order valence-corrected chi connectivity index (χ0v) is 13.0. The van der Waals surface area contributed by atoms with E-state index in [1.807, 2.05) is 17.0 Å². The lowest BCUT2D eigenvalue weighted by molar-refractivity contribution is -0.131. The Kier molecular flexibility index (Phi) is 5.74. The molecule has 3 nitrogen and oxygen atoms in total. The molecule has 1 aromatic carbocycles. The van der Waals surface area contributed by atoms with E-state index in [1.165, 1.54) is 12.1 Å². The van der Waals surface area contributed by atoms with E-state index in [0.29, 0.717) is 12.3 Å². The van der Waals surface area contributed by atoms with E-state index in [9.17, 15) is 9.18 Å². The van der Waals surface area contributed by atoms with Gasteiger partial charge in [-0.3, -0.25) is 9.69 Å². The number of halogens is 1. The van der Waals surface area contributed by atoms with Crippen molar-refractivity contribution in [2.24, 2.45) is 5.92 Å². The predicted octanol–water partition coefficient (Wildman–Crippen LogP) is 2.91. The molecule has 0 spiro atoms. The van der Waals surface area contributed by atoms with E-state index in [1.54, 1.807) is 0 Å². The van der Waals surface area contributed by atoms with Crippen molar-refractivity contribution in [3.05, 3.63) is 35.6 Å². The van der Waals surface area contributed by atoms with Gasteiger partial charge in [-0.2, -0.15) is 0 Å². The summed E-state index contributed by atoms with van der Waals surface area (Å²) in [5.41, 5.74) is 1.12. The van der Waals surface area contributed by atoms with Gasteiger partial charge in [0.05, 0.1) is 0 Å². The van der Waals surface area contributed by atoms with Crippen molar-refractivity contribution >= 4 is 5.91 Å². The van der Waals surface area contributed by atoms with Crippen LogP contribution in [0.5, 0.6) is 0 Å². The minimum absolute atomic E-state index is 0.194. The van der Waals surface area contributed by atoms with Crippen LogP contribution in [0.15, 0.2) is 24.3 Å². The fourth-order valence-corrected chi connectivity index (χ4v) is 2.70. The molecule has 1 amide bonds. The molecule has 0 aromatic heterocycles. The van der Waals surface area contributed by atoms with Gasteiger partial charge in [0, 0.05) is 39.1 Å². The van der Waals surface area contributed by atoms with E-state index in [4.69, 9.17) is 0 Å². The molecule has 1 heterocycles. The molecule has 0 radical (unpaired) electrons. The summed E-state index contributed by atoms with van der Waals surface area (Å²) in [6, 6.07) is 6.68. The fraction of sp³-hybridized carbons (Fsp3) is 0.588. The minimum Gasteiger partial charge on any atom is -0.341 e. The average Bonchev–Trinajstić information content (AvgIpc) is 2.66. The first-order valence-corrected chi connectivity index (χ1v) is 7.79. The first-order chi connectivity index (χ1) is 10.0. The zero-order valence-electron chi connectivity index (χ0n) is 13.0. The number of benzene rings is 1. The maximum absolute atomic E-state index is 12.9. The van der Waals surface area contributed by atoms with Gasteiger partial charge in [0.15, 0.2) is 0 Å². The van der Waals surface area contributed by atoms with Gasteiger partial charge in [-0.05, 0) is 30.0 Å². The van der Waals surface area contributed by atoms with Crippen LogP contribution in [0.1, 0.15) is 32.3 Å². The molecule has 2 rings (SSSR count). The van der Waals surface area contributed by atoms with Crippen LogP contribution in [-0.4, -0.2) is 41.9 Å². The normalized spacial score (nSPS) is 17.0. The molecule has 1 saturated heterocycles. The topological polar surface area (TPSA) is 23.6 Å². The number of amides is 1. The second-order valence-electron chi connectivity index (χ2n) is 6.23. The molecule has 1 aliphatic heterocycles. The standard InChI is InChI=1S/C17H25FN2O/c1-14(2)12-17(21)20-9-3-8-19(10-11-20)13-15-4-6-16(18)7-5-15/h4-7,14H,3,8-13H2,1-2H3. The number of rotatable bonds is 4. The largest absolute Gasteiger partial charge is 0.341 e. The first-order valence-electron chi connectivity index (χ1n) is 7.79. The number of carbonyl (C=O) groups excluding carboxylic acids is 1. The minimum atomic E-state index is -0.194. The summed E-state index contributed by atoms with van der Waals surface area (Å²) in [6.45, 7) is 8.52. The molecule has 1 aliphatic rings. The Balaban J connectivity index is 1.85. The SMILES string of the molecule is CC(C)CC(=O)N1CCCN(Cc2ccc(F)cc2)CC1. The molecule has 0 aliphatic carbocycles. The molecular weight excluding hydrogens is 267 g/mol. The van der Waals surface area contributed by atoms with Crippen molar-refractivity contribution in [3.63, 3.8) is 0 Å². The van der Waals surface area contributed by atoms with Gasteiger partial charge in [-0.15, -0.1) is 0 Å². The molecule has 116 valence electrons. The lowest BCUT2D eigenvalue weighted by Gasteiger charge is -2.22. The lowest BCUT2D eigenvalue weighted by Crippen LogP contribution is -2.35. The van der Waals surface area contributed by atoms with Gasteiger partial charge in [-0.1, -0.05) is 26.0 Å². The second kappa shape index (κ2) is 7.55. The highest BCUT2D eigenvalue weighted by atomic mass is 19.1. The second-order valence-corrected chi connectivity index (χ2v) is 6.23. The van der Waals surface area contributed by atoms with Crippen LogP contribution in [0.4, 0.5) is 4.39 Å². The van der Waals surface area contributed by atoms with Crippen LogP contribution >= 0.6 is 0 Å². The van der Waals surface area contributed by atoms with E-state index in [2.05, 4.69) is 18.7 Å². The van der Waals surface area contributed by atoms with Gasteiger partial charge < -0.3 is 4.90 Å². The Bertz CT molecular complexity index is 458. The molecule has 21 heavy (non-hydrogen) atoms. The van der Waals surface area contributed by atoms with Crippen molar-refractivity contribution in [1.82, 2.24) is 9.80 Å². The lowest BCUT2D eigenvalue weighted by atomic mass is 10.1. The molecule has 4 heteroatoms. The molecule has 0 bridgehead atoms. The highest BCUT2D eigenvalue weighted by molar-refractivity contribution is 5.76. The van der Waals surface area contributed by atoms with Crippen molar-refractivity contribution in [1.29, 1.82) is 0 Å². The summed E-state index contributed by atoms with van der Waals surface area (Å²) in [4.78, 5) is 16.5. The highest BCUT2D eigenvalue weighted by Crippen LogP contribution is 2.12. The Hall–Kier alpha value is -1.42. The first kappa shape index (κ1) is 16.0. The molecular formula is C17H25FN2O. The van der Waals surface area contributed by atoms with Crippen molar-refractivity contribution in [2.45, 2.75) is 33.2 Å². The molecule has 1 aromatic rings. The maximum Gasteiger partial charge on any atom is 0.222 e. The van der Waals surface area contributed by atoms with Crippen LogP contribution in [-0.2, 0) is 11.3 Å². The third-order valence-corrected chi connectivity index (χ3v) is 3.84. The Morgan fingerprint density at radius 2 is 1.86 bits per heavy atom. The Labute approximate surface area is 126 Å². The number of carbonyl (C=O) groups is 1. The van der Waals surface area contributed by atoms with E-state index >= 15 is 0 Å². The quantitative estimate of drug-likeness (QED) is 0.852. The van der Waals surface area contributed by atoms with Crippen LogP contribution in [0.3, 0.4) is 0 Å². The third-order valence-electron chi connectivity index (χ3n) is 3.84. The Morgan fingerprint density at radius 1 is 1.14 bits per heavy atom. The predicted molar refractivity (Wildman–Crippen MR) is 82.3 cm³/mol. The molecule has 0 N–H and O–H groups in total. The number of nitrogens with zero attached hydrogens (tertiary/aromatic N) is 2. The van der Waals surface area contributed by atoms with Gasteiger partial charge in [-0.25, -0.2) is 4.39 Å². The van der Waals surface area contributed by atoms with Crippen molar-refractivity contribution in [2.75, 3.05) is 26.2 Å².